The molecule has 0 fully saturated rings. The summed E-state index contributed by atoms with van der Waals surface area (Å²) >= 11 is 0. The Balaban J connectivity index is 3.14. The summed E-state index contributed by atoms with van der Waals surface area (Å²) in [4.78, 5) is 4.08. The summed E-state index contributed by atoms with van der Waals surface area (Å²) in [5, 5.41) is 8.78. The molecule has 0 saturated carbocycles. The van der Waals surface area contributed by atoms with Crippen molar-refractivity contribution in [1.29, 1.82) is 5.26 Å². The van der Waals surface area contributed by atoms with Crippen LogP contribution in [0.4, 0.5) is 0 Å². The quantitative estimate of drug-likeness (QED) is 0.715. The van der Waals surface area contributed by atoms with Gasteiger partial charge >= 0.3 is 0 Å². The maximum Gasteiger partial charge on any atom is 0.101 e. The molecule has 1 aromatic rings. The van der Waals surface area contributed by atoms with E-state index in [4.69, 9.17) is 5.26 Å². The molecule has 0 radical (unpaired) electrons. The van der Waals surface area contributed by atoms with Crippen LogP contribution in [0.5, 0.6) is 0 Å². The van der Waals surface area contributed by atoms with Gasteiger partial charge in [-0.05, 0) is 23.0 Å². The van der Waals surface area contributed by atoms with Gasteiger partial charge in [0.15, 0.2) is 0 Å². The van der Waals surface area contributed by atoms with E-state index in [9.17, 15) is 0 Å². The van der Waals surface area contributed by atoms with Gasteiger partial charge < -0.3 is 0 Å². The lowest BCUT2D eigenvalue weighted by molar-refractivity contribution is 0.371. The highest BCUT2D eigenvalue weighted by atomic mass is 14.6. The van der Waals surface area contributed by atoms with Crippen molar-refractivity contribution in [2.75, 3.05) is 0 Å². The Morgan fingerprint density at radius 3 is 2.50 bits per heavy atom. The van der Waals surface area contributed by atoms with E-state index in [2.05, 4.69) is 38.7 Å². The van der Waals surface area contributed by atoms with E-state index in [1.165, 1.54) is 0 Å². The van der Waals surface area contributed by atoms with Crippen LogP contribution in [0.1, 0.15) is 38.8 Å². The minimum absolute atomic E-state index is 0.0693. The normalized spacial score (nSPS) is 11.4. The standard InChI is InChI=1S/C12H16N2/c1-9(2)12(3,4)11-5-10(6-13)7-14-8-11/h5,7-9H,1-4H3. The van der Waals surface area contributed by atoms with E-state index < -0.39 is 0 Å². The molecule has 1 aromatic heterocycles. The summed E-state index contributed by atoms with van der Waals surface area (Å²) in [6.45, 7) is 8.71. The Morgan fingerprint density at radius 2 is 2.00 bits per heavy atom. The Morgan fingerprint density at radius 1 is 1.36 bits per heavy atom. The van der Waals surface area contributed by atoms with Gasteiger partial charge in [-0.3, -0.25) is 4.98 Å². The third-order valence-electron chi connectivity index (χ3n) is 3.05. The third kappa shape index (κ3) is 1.93. The van der Waals surface area contributed by atoms with Gasteiger partial charge in [0.05, 0.1) is 5.56 Å². The summed E-state index contributed by atoms with van der Waals surface area (Å²) in [6, 6.07) is 4.04. The van der Waals surface area contributed by atoms with Crippen molar-refractivity contribution in [3.05, 3.63) is 29.6 Å². The minimum atomic E-state index is 0.0693. The van der Waals surface area contributed by atoms with Crippen LogP contribution in [0.25, 0.3) is 0 Å². The van der Waals surface area contributed by atoms with Gasteiger partial charge in [-0.15, -0.1) is 0 Å². The molecule has 1 heterocycles. The van der Waals surface area contributed by atoms with Crippen LogP contribution in [0.15, 0.2) is 18.5 Å². The van der Waals surface area contributed by atoms with Crippen molar-refractivity contribution in [3.63, 3.8) is 0 Å². The van der Waals surface area contributed by atoms with Crippen LogP contribution in [0.2, 0.25) is 0 Å². The van der Waals surface area contributed by atoms with E-state index in [1.807, 2.05) is 12.3 Å². The Labute approximate surface area is 85.6 Å². The maximum absolute atomic E-state index is 8.78. The van der Waals surface area contributed by atoms with Crippen LogP contribution >= 0.6 is 0 Å². The fourth-order valence-corrected chi connectivity index (χ4v) is 1.19. The summed E-state index contributed by atoms with van der Waals surface area (Å²) in [6.07, 6.45) is 3.45. The third-order valence-corrected chi connectivity index (χ3v) is 3.05. The minimum Gasteiger partial charge on any atom is -0.263 e. The van der Waals surface area contributed by atoms with Crippen molar-refractivity contribution < 1.29 is 0 Å². The van der Waals surface area contributed by atoms with Gasteiger partial charge in [0.25, 0.3) is 0 Å². The van der Waals surface area contributed by atoms with Crippen LogP contribution in [0.3, 0.4) is 0 Å². The highest BCUT2D eigenvalue weighted by Crippen LogP contribution is 2.30. The summed E-state index contributed by atoms with van der Waals surface area (Å²) in [5.41, 5.74) is 1.84. The first-order valence-electron chi connectivity index (χ1n) is 4.84. The molecule has 0 aromatic carbocycles. The van der Waals surface area contributed by atoms with E-state index in [1.54, 1.807) is 6.20 Å². The summed E-state index contributed by atoms with van der Waals surface area (Å²) in [5.74, 6) is 0.526. The van der Waals surface area contributed by atoms with Gasteiger partial charge in [0, 0.05) is 12.4 Å². The number of nitrogens with zero attached hydrogens (tertiary/aromatic N) is 2. The average Bonchev–Trinajstić information content (AvgIpc) is 2.17. The van der Waals surface area contributed by atoms with Gasteiger partial charge in [0.1, 0.15) is 6.07 Å². The molecule has 0 bridgehead atoms. The highest BCUT2D eigenvalue weighted by Gasteiger charge is 2.25. The van der Waals surface area contributed by atoms with E-state index in [0.717, 1.165) is 5.56 Å². The van der Waals surface area contributed by atoms with Gasteiger partial charge in [-0.2, -0.15) is 5.26 Å². The molecule has 14 heavy (non-hydrogen) atoms. The Bertz CT molecular complexity index is 359. The Kier molecular flexibility index (Phi) is 2.90. The van der Waals surface area contributed by atoms with Crippen LogP contribution in [-0.2, 0) is 5.41 Å². The van der Waals surface area contributed by atoms with Crippen molar-refractivity contribution in [1.82, 2.24) is 4.98 Å². The number of hydrogen-bond acceptors (Lipinski definition) is 2. The van der Waals surface area contributed by atoms with Gasteiger partial charge in [-0.1, -0.05) is 27.7 Å². The first-order chi connectivity index (χ1) is 6.48. The smallest absolute Gasteiger partial charge is 0.101 e. The molecular weight excluding hydrogens is 172 g/mol. The molecule has 0 unspecified atom stereocenters. The van der Waals surface area contributed by atoms with Crippen LogP contribution in [-0.4, -0.2) is 4.98 Å². The molecule has 0 atom stereocenters. The molecule has 0 spiro atoms. The average molecular weight is 188 g/mol. The molecule has 74 valence electrons. The molecular formula is C12H16N2. The molecule has 0 saturated heterocycles. The predicted molar refractivity (Wildman–Crippen MR) is 56.8 cm³/mol. The fourth-order valence-electron chi connectivity index (χ4n) is 1.19. The molecule has 1 rings (SSSR count). The maximum atomic E-state index is 8.78. The number of hydrogen-bond donors (Lipinski definition) is 0. The van der Waals surface area contributed by atoms with Crippen molar-refractivity contribution >= 4 is 0 Å². The zero-order valence-corrected chi connectivity index (χ0v) is 9.20. The SMILES string of the molecule is CC(C)C(C)(C)c1cncc(C#N)c1. The second-order valence-electron chi connectivity index (χ2n) is 4.45. The predicted octanol–water partition coefficient (Wildman–Crippen LogP) is 2.89. The molecule has 2 heteroatoms. The van der Waals surface area contributed by atoms with Crippen LogP contribution < -0.4 is 0 Å². The molecule has 2 nitrogen and oxygen atoms in total. The van der Waals surface area contributed by atoms with E-state index in [0.29, 0.717) is 11.5 Å². The number of pyridine rings is 1. The number of aromatic nitrogens is 1. The topological polar surface area (TPSA) is 36.7 Å². The second kappa shape index (κ2) is 3.79. The van der Waals surface area contributed by atoms with E-state index >= 15 is 0 Å². The summed E-state index contributed by atoms with van der Waals surface area (Å²) < 4.78 is 0. The van der Waals surface area contributed by atoms with Crippen molar-refractivity contribution in [2.24, 2.45) is 5.92 Å². The molecule has 0 aliphatic rings. The largest absolute Gasteiger partial charge is 0.263 e. The Hall–Kier alpha value is -1.36. The summed E-state index contributed by atoms with van der Waals surface area (Å²) in [7, 11) is 0. The number of nitriles is 1. The molecule has 0 amide bonds. The van der Waals surface area contributed by atoms with Crippen molar-refractivity contribution in [3.8, 4) is 6.07 Å². The number of rotatable bonds is 2. The van der Waals surface area contributed by atoms with Gasteiger partial charge in [-0.25, -0.2) is 0 Å². The zero-order valence-electron chi connectivity index (χ0n) is 9.20. The monoisotopic (exact) mass is 188 g/mol. The lowest BCUT2D eigenvalue weighted by atomic mass is 9.75. The first-order valence-corrected chi connectivity index (χ1v) is 4.84. The van der Waals surface area contributed by atoms with Crippen molar-refractivity contribution in [2.45, 2.75) is 33.1 Å². The lowest BCUT2D eigenvalue weighted by Gasteiger charge is -2.29. The molecule has 0 N–H and O–H groups in total. The van der Waals surface area contributed by atoms with Gasteiger partial charge in [0.2, 0.25) is 0 Å². The lowest BCUT2D eigenvalue weighted by Crippen LogP contribution is -2.24. The first kappa shape index (κ1) is 10.7. The van der Waals surface area contributed by atoms with Crippen LogP contribution in [0, 0.1) is 17.2 Å². The molecule has 0 aliphatic carbocycles. The van der Waals surface area contributed by atoms with E-state index in [-0.39, 0.29) is 5.41 Å². The molecule has 0 aliphatic heterocycles. The highest BCUT2D eigenvalue weighted by molar-refractivity contribution is 5.32. The zero-order chi connectivity index (χ0) is 10.8. The second-order valence-corrected chi connectivity index (χ2v) is 4.45. The fraction of sp³-hybridized carbons (Fsp3) is 0.500.